The quantitative estimate of drug-likeness (QED) is 0.696. The van der Waals surface area contributed by atoms with Crippen molar-refractivity contribution in [3.63, 3.8) is 0 Å². The highest BCUT2D eigenvalue weighted by molar-refractivity contribution is 5.75. The Morgan fingerprint density at radius 1 is 1.21 bits per heavy atom. The van der Waals surface area contributed by atoms with Crippen LogP contribution in [0.2, 0.25) is 0 Å². The molecule has 0 amide bonds. The summed E-state index contributed by atoms with van der Waals surface area (Å²) >= 11 is 0. The van der Waals surface area contributed by atoms with Gasteiger partial charge in [0, 0.05) is 7.05 Å². The van der Waals surface area contributed by atoms with Gasteiger partial charge in [0.2, 0.25) is 0 Å². The molecule has 0 aliphatic heterocycles. The van der Waals surface area contributed by atoms with E-state index in [2.05, 4.69) is 10.1 Å². The van der Waals surface area contributed by atoms with E-state index in [0.717, 1.165) is 11.3 Å². The minimum Gasteiger partial charge on any atom is -0.293 e. The number of hydrogen-bond donors (Lipinski definition) is 0. The van der Waals surface area contributed by atoms with Crippen LogP contribution in [0, 0.1) is 6.92 Å². The normalized spacial score (nSPS) is 11.1. The second-order valence-electron chi connectivity index (χ2n) is 4.57. The number of nitrogens with zero attached hydrogens (tertiary/aromatic N) is 4. The summed E-state index contributed by atoms with van der Waals surface area (Å²) in [4.78, 5) is 16.8. The average Bonchev–Trinajstić information content (AvgIpc) is 2.70. The first-order valence-corrected chi connectivity index (χ1v) is 6.09. The second kappa shape index (κ2) is 4.35. The van der Waals surface area contributed by atoms with Crippen LogP contribution in [0.5, 0.6) is 0 Å². The van der Waals surface area contributed by atoms with Crippen molar-refractivity contribution in [2.45, 2.75) is 13.5 Å². The van der Waals surface area contributed by atoms with Crippen LogP contribution >= 0.6 is 0 Å². The molecule has 0 aliphatic rings. The lowest BCUT2D eigenvalue weighted by Gasteiger charge is -2.05. The maximum atomic E-state index is 12.4. The molecule has 0 spiro atoms. The van der Waals surface area contributed by atoms with Crippen molar-refractivity contribution in [3.8, 4) is 0 Å². The molecule has 0 N–H and O–H groups in total. The minimum atomic E-state index is -0.0584. The van der Waals surface area contributed by atoms with E-state index >= 15 is 0 Å². The van der Waals surface area contributed by atoms with E-state index in [4.69, 9.17) is 0 Å². The van der Waals surface area contributed by atoms with Gasteiger partial charge in [-0.3, -0.25) is 14.0 Å². The predicted octanol–water partition coefficient (Wildman–Crippen LogP) is 1.49. The van der Waals surface area contributed by atoms with Crippen molar-refractivity contribution >= 4 is 11.0 Å². The molecule has 0 fully saturated rings. The number of hydrogen-bond acceptors (Lipinski definition) is 3. The van der Waals surface area contributed by atoms with E-state index in [1.165, 1.54) is 0 Å². The third-order valence-electron chi connectivity index (χ3n) is 3.18. The Bertz CT molecular complexity index is 786. The Balaban J connectivity index is 2.13. The SMILES string of the molecule is Cc1nn(C)c2c(=O)n(Cc3ccccc3)cnc12. The van der Waals surface area contributed by atoms with Crippen LogP contribution in [-0.4, -0.2) is 19.3 Å². The molecule has 0 radical (unpaired) electrons. The molecule has 0 saturated heterocycles. The summed E-state index contributed by atoms with van der Waals surface area (Å²) in [6, 6.07) is 9.86. The third kappa shape index (κ3) is 1.93. The second-order valence-corrected chi connectivity index (χ2v) is 4.57. The molecule has 2 aromatic heterocycles. The monoisotopic (exact) mass is 254 g/mol. The fourth-order valence-corrected chi connectivity index (χ4v) is 2.25. The van der Waals surface area contributed by atoms with Gasteiger partial charge in [0.05, 0.1) is 18.6 Å². The number of aromatic nitrogens is 4. The first-order chi connectivity index (χ1) is 9.16. The molecular weight excluding hydrogens is 240 g/mol. The fourth-order valence-electron chi connectivity index (χ4n) is 2.25. The van der Waals surface area contributed by atoms with E-state index in [9.17, 15) is 4.79 Å². The van der Waals surface area contributed by atoms with Crippen molar-refractivity contribution in [3.05, 3.63) is 58.3 Å². The van der Waals surface area contributed by atoms with Crippen molar-refractivity contribution in [2.24, 2.45) is 7.05 Å². The molecule has 1 aromatic carbocycles. The average molecular weight is 254 g/mol. The fraction of sp³-hybridized carbons (Fsp3) is 0.214. The Morgan fingerprint density at radius 2 is 1.95 bits per heavy atom. The van der Waals surface area contributed by atoms with E-state index in [1.807, 2.05) is 37.3 Å². The topological polar surface area (TPSA) is 52.7 Å². The van der Waals surface area contributed by atoms with Crippen LogP contribution in [0.1, 0.15) is 11.3 Å². The van der Waals surface area contributed by atoms with E-state index in [0.29, 0.717) is 17.6 Å². The van der Waals surface area contributed by atoms with Gasteiger partial charge >= 0.3 is 0 Å². The van der Waals surface area contributed by atoms with Crippen molar-refractivity contribution in [1.29, 1.82) is 0 Å². The standard InChI is InChI=1S/C14H14N4O/c1-10-12-13(17(2)16-10)14(19)18(9-15-12)8-11-6-4-3-5-7-11/h3-7,9H,8H2,1-2H3. The van der Waals surface area contributed by atoms with Crippen LogP contribution in [0.3, 0.4) is 0 Å². The molecular formula is C14H14N4O. The lowest BCUT2D eigenvalue weighted by Crippen LogP contribution is -2.22. The summed E-state index contributed by atoms with van der Waals surface area (Å²) in [5.74, 6) is 0. The largest absolute Gasteiger partial charge is 0.293 e. The van der Waals surface area contributed by atoms with Gasteiger partial charge < -0.3 is 0 Å². The van der Waals surface area contributed by atoms with Gasteiger partial charge in [-0.25, -0.2) is 4.98 Å². The van der Waals surface area contributed by atoms with Crippen LogP contribution in [0.25, 0.3) is 11.0 Å². The Morgan fingerprint density at radius 3 is 2.68 bits per heavy atom. The highest BCUT2D eigenvalue weighted by Crippen LogP contribution is 2.10. The van der Waals surface area contributed by atoms with E-state index in [-0.39, 0.29) is 5.56 Å². The van der Waals surface area contributed by atoms with Crippen molar-refractivity contribution in [1.82, 2.24) is 19.3 Å². The van der Waals surface area contributed by atoms with Gasteiger partial charge in [0.1, 0.15) is 5.52 Å². The molecule has 2 heterocycles. The van der Waals surface area contributed by atoms with Gasteiger partial charge in [-0.2, -0.15) is 5.10 Å². The van der Waals surface area contributed by atoms with Crippen LogP contribution in [-0.2, 0) is 13.6 Å². The summed E-state index contributed by atoms with van der Waals surface area (Å²) < 4.78 is 3.21. The van der Waals surface area contributed by atoms with Crippen LogP contribution in [0.4, 0.5) is 0 Å². The highest BCUT2D eigenvalue weighted by atomic mass is 16.1. The maximum Gasteiger partial charge on any atom is 0.279 e. The van der Waals surface area contributed by atoms with Gasteiger partial charge in [0.25, 0.3) is 5.56 Å². The molecule has 0 saturated carbocycles. The zero-order chi connectivity index (χ0) is 13.4. The molecule has 3 aromatic rings. The Labute approximate surface area is 110 Å². The summed E-state index contributed by atoms with van der Waals surface area (Å²) in [5, 5.41) is 4.24. The molecule has 5 heteroatoms. The molecule has 96 valence electrons. The van der Waals surface area contributed by atoms with Gasteiger partial charge in [0.15, 0.2) is 5.52 Å². The lowest BCUT2D eigenvalue weighted by molar-refractivity contribution is 0.728. The van der Waals surface area contributed by atoms with Gasteiger partial charge in [-0.05, 0) is 12.5 Å². The molecule has 0 unspecified atom stereocenters. The zero-order valence-corrected chi connectivity index (χ0v) is 10.9. The molecule has 0 atom stereocenters. The minimum absolute atomic E-state index is 0.0584. The van der Waals surface area contributed by atoms with Gasteiger partial charge in [-0.1, -0.05) is 30.3 Å². The lowest BCUT2D eigenvalue weighted by atomic mass is 10.2. The van der Waals surface area contributed by atoms with Crippen molar-refractivity contribution in [2.75, 3.05) is 0 Å². The molecule has 19 heavy (non-hydrogen) atoms. The number of aryl methyl sites for hydroxylation is 2. The third-order valence-corrected chi connectivity index (χ3v) is 3.18. The number of rotatable bonds is 2. The summed E-state index contributed by atoms with van der Waals surface area (Å²) in [6.45, 7) is 2.38. The number of fused-ring (bicyclic) bond motifs is 1. The Hall–Kier alpha value is -2.43. The Kier molecular flexibility index (Phi) is 2.67. The first-order valence-electron chi connectivity index (χ1n) is 6.09. The summed E-state index contributed by atoms with van der Waals surface area (Å²) in [5.41, 5.74) is 3.02. The first kappa shape index (κ1) is 11.6. The van der Waals surface area contributed by atoms with Gasteiger partial charge in [-0.15, -0.1) is 0 Å². The molecule has 0 aliphatic carbocycles. The van der Waals surface area contributed by atoms with E-state index in [1.54, 1.807) is 22.6 Å². The van der Waals surface area contributed by atoms with Crippen LogP contribution in [0.15, 0.2) is 41.5 Å². The van der Waals surface area contributed by atoms with Crippen molar-refractivity contribution < 1.29 is 0 Å². The van der Waals surface area contributed by atoms with E-state index < -0.39 is 0 Å². The molecule has 3 rings (SSSR count). The maximum absolute atomic E-state index is 12.4. The predicted molar refractivity (Wildman–Crippen MR) is 73.1 cm³/mol. The smallest absolute Gasteiger partial charge is 0.279 e. The van der Waals surface area contributed by atoms with Crippen LogP contribution < -0.4 is 5.56 Å². The molecule has 5 nitrogen and oxygen atoms in total. The number of benzene rings is 1. The highest BCUT2D eigenvalue weighted by Gasteiger charge is 2.12. The summed E-state index contributed by atoms with van der Waals surface area (Å²) in [6.07, 6.45) is 1.59. The zero-order valence-electron chi connectivity index (χ0n) is 10.9. The summed E-state index contributed by atoms with van der Waals surface area (Å²) in [7, 11) is 1.77. The molecule has 0 bridgehead atoms.